The molecule has 0 spiro atoms. The van der Waals surface area contributed by atoms with Crippen molar-refractivity contribution in [2.24, 2.45) is 5.41 Å². The molecule has 12 heavy (non-hydrogen) atoms. The zero-order valence-corrected chi connectivity index (χ0v) is 10.2. The van der Waals surface area contributed by atoms with E-state index in [1.54, 1.807) is 0 Å². The summed E-state index contributed by atoms with van der Waals surface area (Å²) in [7, 11) is -0.568. The third kappa shape index (κ3) is 2.22. The van der Waals surface area contributed by atoms with Crippen molar-refractivity contribution in [1.82, 2.24) is 0 Å². The number of rotatable bonds is 0. The summed E-state index contributed by atoms with van der Waals surface area (Å²) in [5, 5.41) is 0. The minimum Gasteiger partial charge on any atom is -0.0564 e. The Balaban J connectivity index is 2.73. The molecule has 0 bridgehead atoms. The minimum absolute atomic E-state index is 0.553. The predicted octanol–water partition coefficient (Wildman–Crippen LogP) is 3.86. The van der Waals surface area contributed by atoms with Crippen LogP contribution in [-0.2, 0) is 0 Å². The van der Waals surface area contributed by atoms with E-state index in [2.05, 4.69) is 34.1 Å². The molecular formula is C11H24P+. The zero-order valence-electron chi connectivity index (χ0n) is 9.35. The fourth-order valence-corrected chi connectivity index (χ4v) is 7.17. The van der Waals surface area contributed by atoms with Crippen molar-refractivity contribution in [3.05, 3.63) is 0 Å². The second-order valence-electron chi connectivity index (χ2n) is 5.88. The molecule has 0 N–H and O–H groups in total. The second-order valence-corrected chi connectivity index (χ2v) is 10.5. The monoisotopic (exact) mass is 187 g/mol. The van der Waals surface area contributed by atoms with Crippen LogP contribution in [0.2, 0.25) is 0 Å². The van der Waals surface area contributed by atoms with E-state index in [-0.39, 0.29) is 0 Å². The van der Waals surface area contributed by atoms with Gasteiger partial charge in [0.1, 0.15) is 0 Å². The highest BCUT2D eigenvalue weighted by Gasteiger charge is 2.45. The summed E-state index contributed by atoms with van der Waals surface area (Å²) >= 11 is 0. The molecule has 1 aliphatic heterocycles. The third-order valence-corrected chi connectivity index (χ3v) is 7.49. The van der Waals surface area contributed by atoms with Crippen LogP contribution in [0.25, 0.3) is 0 Å². The molecule has 72 valence electrons. The number of hydrogen-bond donors (Lipinski definition) is 0. The van der Waals surface area contributed by atoms with Crippen LogP contribution >= 0.6 is 7.26 Å². The standard InChI is InChI=1S/C11H24P/c1-11(2,3)10-8-6-7-9-12(10,4)5/h10H,6-9H2,1-5H3/q+1. The van der Waals surface area contributed by atoms with Crippen molar-refractivity contribution in [3.63, 3.8) is 0 Å². The molecule has 0 aromatic heterocycles. The van der Waals surface area contributed by atoms with Crippen molar-refractivity contribution in [1.29, 1.82) is 0 Å². The first-order valence-corrected chi connectivity index (χ1v) is 8.10. The molecule has 1 fully saturated rings. The fourth-order valence-electron chi connectivity index (χ4n) is 2.84. The van der Waals surface area contributed by atoms with Gasteiger partial charge < -0.3 is 0 Å². The normalized spacial score (nSPS) is 30.2. The Kier molecular flexibility index (Phi) is 2.88. The molecule has 1 unspecified atom stereocenters. The molecule has 1 heteroatoms. The Bertz CT molecular complexity index is 153. The van der Waals surface area contributed by atoms with Gasteiger partial charge in [-0.15, -0.1) is 0 Å². The molecule has 0 aliphatic carbocycles. The van der Waals surface area contributed by atoms with E-state index in [0.29, 0.717) is 5.41 Å². The van der Waals surface area contributed by atoms with Gasteiger partial charge in [0.25, 0.3) is 0 Å². The van der Waals surface area contributed by atoms with E-state index in [0.717, 1.165) is 5.66 Å². The zero-order chi connectivity index (χ0) is 9.41. The Labute approximate surface area is 78.5 Å². The lowest BCUT2D eigenvalue weighted by atomic mass is 9.88. The lowest BCUT2D eigenvalue weighted by Crippen LogP contribution is -2.32. The van der Waals surface area contributed by atoms with E-state index in [1.807, 2.05) is 0 Å². The van der Waals surface area contributed by atoms with Crippen molar-refractivity contribution in [2.75, 3.05) is 19.5 Å². The molecule has 1 atom stereocenters. The maximum Gasteiger partial charge on any atom is 0.0740 e. The molecule has 0 aromatic carbocycles. The van der Waals surface area contributed by atoms with Gasteiger partial charge in [0.2, 0.25) is 0 Å². The Hall–Kier alpha value is 0.430. The van der Waals surface area contributed by atoms with Crippen LogP contribution in [0, 0.1) is 5.41 Å². The van der Waals surface area contributed by atoms with Gasteiger partial charge in [0.05, 0.1) is 11.8 Å². The Morgan fingerprint density at radius 1 is 1.08 bits per heavy atom. The van der Waals surface area contributed by atoms with Crippen molar-refractivity contribution >= 4 is 7.26 Å². The summed E-state index contributed by atoms with van der Waals surface area (Å²) in [6.45, 7) is 12.4. The van der Waals surface area contributed by atoms with E-state index >= 15 is 0 Å². The predicted molar refractivity (Wildman–Crippen MR) is 60.7 cm³/mol. The summed E-state index contributed by atoms with van der Waals surface area (Å²) in [5.74, 6) is 0. The van der Waals surface area contributed by atoms with Gasteiger partial charge in [0, 0.05) is 20.6 Å². The topological polar surface area (TPSA) is 0 Å². The lowest BCUT2D eigenvalue weighted by molar-refractivity contribution is 0.359. The van der Waals surface area contributed by atoms with Gasteiger partial charge >= 0.3 is 0 Å². The average molecular weight is 187 g/mol. The van der Waals surface area contributed by atoms with Crippen molar-refractivity contribution in [3.8, 4) is 0 Å². The summed E-state index contributed by atoms with van der Waals surface area (Å²) in [5.41, 5.74) is 1.58. The van der Waals surface area contributed by atoms with Crippen molar-refractivity contribution < 1.29 is 0 Å². The average Bonchev–Trinajstić information content (AvgIpc) is 1.83. The summed E-state index contributed by atoms with van der Waals surface area (Å²) in [6, 6.07) is 0. The molecule has 1 rings (SSSR count). The maximum atomic E-state index is 2.56. The quantitative estimate of drug-likeness (QED) is 0.505. The molecule has 0 saturated carbocycles. The van der Waals surface area contributed by atoms with Crippen molar-refractivity contribution in [2.45, 2.75) is 45.7 Å². The Morgan fingerprint density at radius 2 is 1.67 bits per heavy atom. The summed E-state index contributed by atoms with van der Waals surface area (Å²) in [4.78, 5) is 0. The third-order valence-electron chi connectivity index (χ3n) is 3.31. The van der Waals surface area contributed by atoms with Crippen LogP contribution in [0.15, 0.2) is 0 Å². The molecule has 0 nitrogen and oxygen atoms in total. The first kappa shape index (κ1) is 10.5. The van der Waals surface area contributed by atoms with E-state index in [1.165, 1.54) is 25.4 Å². The molecule has 0 amide bonds. The minimum atomic E-state index is -0.568. The van der Waals surface area contributed by atoms with Crippen LogP contribution < -0.4 is 0 Å². The SMILES string of the molecule is CC(C)(C)C1CCCC[P+]1(C)C. The highest BCUT2D eigenvalue weighted by Crippen LogP contribution is 2.65. The van der Waals surface area contributed by atoms with Gasteiger partial charge in [0.15, 0.2) is 0 Å². The van der Waals surface area contributed by atoms with Gasteiger partial charge in [-0.25, -0.2) is 0 Å². The van der Waals surface area contributed by atoms with Gasteiger partial charge in [-0.2, -0.15) is 0 Å². The largest absolute Gasteiger partial charge is 0.0740 e. The fraction of sp³-hybridized carbons (Fsp3) is 1.00. The molecule has 1 aliphatic rings. The Morgan fingerprint density at radius 3 is 2.00 bits per heavy atom. The van der Waals surface area contributed by atoms with Crippen LogP contribution in [0.5, 0.6) is 0 Å². The summed E-state index contributed by atoms with van der Waals surface area (Å²) in [6.07, 6.45) is 6.00. The van der Waals surface area contributed by atoms with E-state index < -0.39 is 7.26 Å². The highest BCUT2D eigenvalue weighted by molar-refractivity contribution is 7.75. The van der Waals surface area contributed by atoms with Gasteiger partial charge in [-0.05, 0) is 24.7 Å². The van der Waals surface area contributed by atoms with E-state index in [9.17, 15) is 0 Å². The smallest absolute Gasteiger partial charge is 0.0564 e. The molecular weight excluding hydrogens is 163 g/mol. The van der Waals surface area contributed by atoms with Crippen LogP contribution in [0.1, 0.15) is 40.0 Å². The van der Waals surface area contributed by atoms with Gasteiger partial charge in [-0.1, -0.05) is 20.8 Å². The lowest BCUT2D eigenvalue weighted by Gasteiger charge is -2.40. The highest BCUT2D eigenvalue weighted by atomic mass is 31.2. The van der Waals surface area contributed by atoms with E-state index in [4.69, 9.17) is 0 Å². The van der Waals surface area contributed by atoms with Crippen LogP contribution in [-0.4, -0.2) is 25.2 Å². The van der Waals surface area contributed by atoms with Crippen LogP contribution in [0.3, 0.4) is 0 Å². The second kappa shape index (κ2) is 3.29. The van der Waals surface area contributed by atoms with Gasteiger partial charge in [-0.3, -0.25) is 0 Å². The molecule has 1 heterocycles. The van der Waals surface area contributed by atoms with Crippen LogP contribution in [0.4, 0.5) is 0 Å². The molecule has 0 radical (unpaired) electrons. The molecule has 1 saturated heterocycles. The maximum absolute atomic E-state index is 2.56. The molecule has 0 aromatic rings. The summed E-state index contributed by atoms with van der Waals surface area (Å²) < 4.78 is 0. The number of hydrogen-bond acceptors (Lipinski definition) is 0. The first-order valence-electron chi connectivity index (χ1n) is 5.17. The first-order chi connectivity index (χ1) is 5.34.